The van der Waals surface area contributed by atoms with Gasteiger partial charge in [0.2, 0.25) is 0 Å². The average molecular weight is 339 g/mol. The van der Waals surface area contributed by atoms with E-state index in [1.54, 1.807) is 26.8 Å². The van der Waals surface area contributed by atoms with Crippen LogP contribution in [0.4, 0.5) is 10.5 Å². The molecular weight excluding hydrogens is 324 g/mol. The van der Waals surface area contributed by atoms with Gasteiger partial charge in [0.15, 0.2) is 0 Å². The summed E-state index contributed by atoms with van der Waals surface area (Å²) in [6.45, 7) is 5.87. The summed E-state index contributed by atoms with van der Waals surface area (Å²) >= 11 is 3.43. The Labute approximate surface area is 126 Å². The van der Waals surface area contributed by atoms with Crippen molar-refractivity contribution < 1.29 is 14.3 Å². The summed E-state index contributed by atoms with van der Waals surface area (Å²) in [4.78, 5) is 11.8. The minimum atomic E-state index is -0.598. The van der Waals surface area contributed by atoms with E-state index >= 15 is 0 Å². The number of fused-ring (bicyclic) bond motifs is 1. The van der Waals surface area contributed by atoms with Gasteiger partial charge in [-0.05, 0) is 26.8 Å². The van der Waals surface area contributed by atoms with Gasteiger partial charge in [0, 0.05) is 16.5 Å². The van der Waals surface area contributed by atoms with E-state index in [0.717, 1.165) is 16.5 Å². The van der Waals surface area contributed by atoms with Crippen LogP contribution in [0.25, 0.3) is 0 Å². The molecule has 6 heteroatoms. The van der Waals surface area contributed by atoms with Gasteiger partial charge in [-0.3, -0.25) is 5.32 Å². The minimum Gasteiger partial charge on any atom is -0.491 e. The number of nitriles is 1. The quantitative estimate of drug-likeness (QED) is 0.849. The average Bonchev–Trinajstić information content (AvgIpc) is 2.76. The first-order chi connectivity index (χ1) is 9.31. The van der Waals surface area contributed by atoms with Crippen molar-refractivity contribution in [2.45, 2.75) is 32.8 Å². The lowest BCUT2D eigenvalue weighted by Gasteiger charge is -2.20. The standard InChI is InChI=1S/C14H15BrN2O3/c1-14(2,3)20-13(18)17-11-6-10(15)8-4-5-19-12(8)9(11)7-16/h6H,4-5H2,1-3H3,(H,17,18). The van der Waals surface area contributed by atoms with Crippen LogP contribution in [0.2, 0.25) is 0 Å². The zero-order valence-corrected chi connectivity index (χ0v) is 13.1. The molecule has 106 valence electrons. The normalized spacial score (nSPS) is 13.2. The number of anilines is 1. The van der Waals surface area contributed by atoms with Gasteiger partial charge in [-0.15, -0.1) is 0 Å². The van der Waals surface area contributed by atoms with Gasteiger partial charge in [0.05, 0.1) is 12.3 Å². The second-order valence-electron chi connectivity index (χ2n) is 5.43. The maximum absolute atomic E-state index is 11.8. The second kappa shape index (κ2) is 5.33. The van der Waals surface area contributed by atoms with Crippen LogP contribution in [-0.4, -0.2) is 18.3 Å². The number of nitrogens with one attached hydrogen (secondary N) is 1. The highest BCUT2D eigenvalue weighted by molar-refractivity contribution is 9.10. The lowest BCUT2D eigenvalue weighted by molar-refractivity contribution is 0.0636. The Bertz CT molecular complexity index is 600. The van der Waals surface area contributed by atoms with Gasteiger partial charge in [-0.2, -0.15) is 5.26 Å². The summed E-state index contributed by atoms with van der Waals surface area (Å²) in [6.07, 6.45) is 0.149. The molecule has 1 aromatic rings. The van der Waals surface area contributed by atoms with Gasteiger partial charge in [0.25, 0.3) is 0 Å². The van der Waals surface area contributed by atoms with E-state index in [1.807, 2.05) is 0 Å². The van der Waals surface area contributed by atoms with Crippen LogP contribution in [0.3, 0.4) is 0 Å². The van der Waals surface area contributed by atoms with Crippen molar-refractivity contribution in [2.75, 3.05) is 11.9 Å². The number of halogens is 1. The lowest BCUT2D eigenvalue weighted by Crippen LogP contribution is -2.27. The number of benzene rings is 1. The third-order valence-electron chi connectivity index (χ3n) is 2.68. The van der Waals surface area contributed by atoms with Crippen LogP contribution in [0.15, 0.2) is 10.5 Å². The number of hydrogen-bond acceptors (Lipinski definition) is 4. The number of rotatable bonds is 1. The Hall–Kier alpha value is -1.74. The lowest BCUT2D eigenvalue weighted by atomic mass is 10.1. The maximum atomic E-state index is 11.8. The highest BCUT2D eigenvalue weighted by Crippen LogP contribution is 2.39. The first kappa shape index (κ1) is 14.7. The third kappa shape index (κ3) is 3.05. The fraction of sp³-hybridized carbons (Fsp3) is 0.429. The Balaban J connectivity index is 2.32. The van der Waals surface area contributed by atoms with Crippen molar-refractivity contribution in [3.05, 3.63) is 21.7 Å². The zero-order valence-electron chi connectivity index (χ0n) is 11.5. The molecule has 20 heavy (non-hydrogen) atoms. The number of hydrogen-bond donors (Lipinski definition) is 1. The van der Waals surface area contributed by atoms with Gasteiger partial charge >= 0.3 is 6.09 Å². The van der Waals surface area contributed by atoms with Gasteiger partial charge < -0.3 is 9.47 Å². The highest BCUT2D eigenvalue weighted by atomic mass is 79.9. The van der Waals surface area contributed by atoms with Crippen molar-refractivity contribution in [3.8, 4) is 11.8 Å². The summed E-state index contributed by atoms with van der Waals surface area (Å²) in [5, 5.41) is 11.9. The second-order valence-corrected chi connectivity index (χ2v) is 6.28. The molecule has 2 rings (SSSR count). The van der Waals surface area contributed by atoms with E-state index in [0.29, 0.717) is 23.6 Å². The van der Waals surface area contributed by atoms with Crippen molar-refractivity contribution in [1.82, 2.24) is 0 Å². The van der Waals surface area contributed by atoms with Crippen LogP contribution < -0.4 is 10.1 Å². The number of ether oxygens (including phenoxy) is 2. The van der Waals surface area contributed by atoms with E-state index < -0.39 is 11.7 Å². The molecule has 0 bridgehead atoms. The largest absolute Gasteiger partial charge is 0.491 e. The molecular formula is C14H15BrN2O3. The molecule has 1 aliphatic rings. The molecule has 0 unspecified atom stereocenters. The van der Waals surface area contributed by atoms with Crippen LogP contribution in [0, 0.1) is 11.3 Å². The van der Waals surface area contributed by atoms with Gasteiger partial charge in [-0.25, -0.2) is 4.79 Å². The molecule has 1 N–H and O–H groups in total. The molecule has 0 atom stereocenters. The Kier molecular flexibility index (Phi) is 3.91. The van der Waals surface area contributed by atoms with Crippen LogP contribution in [0.1, 0.15) is 31.9 Å². The molecule has 5 nitrogen and oxygen atoms in total. The molecule has 0 saturated carbocycles. The van der Waals surface area contributed by atoms with E-state index in [-0.39, 0.29) is 0 Å². The maximum Gasteiger partial charge on any atom is 0.412 e. The highest BCUT2D eigenvalue weighted by Gasteiger charge is 2.25. The van der Waals surface area contributed by atoms with Crippen molar-refractivity contribution in [1.29, 1.82) is 5.26 Å². The molecule has 0 aromatic heterocycles. The van der Waals surface area contributed by atoms with Crippen molar-refractivity contribution in [3.63, 3.8) is 0 Å². The SMILES string of the molecule is CC(C)(C)OC(=O)Nc1cc(Br)c2c(c1C#N)OCC2. The van der Waals surface area contributed by atoms with E-state index in [1.165, 1.54) is 0 Å². The summed E-state index contributed by atoms with van der Waals surface area (Å²) in [5.41, 5.74) is 1.07. The molecule has 0 radical (unpaired) electrons. The summed E-state index contributed by atoms with van der Waals surface area (Å²) in [7, 11) is 0. The molecule has 1 heterocycles. The molecule has 0 spiro atoms. The van der Waals surface area contributed by atoms with Crippen LogP contribution in [0.5, 0.6) is 5.75 Å². The fourth-order valence-electron chi connectivity index (χ4n) is 1.94. The first-order valence-electron chi connectivity index (χ1n) is 6.20. The molecule has 1 aliphatic heterocycles. The number of nitrogens with zero attached hydrogens (tertiary/aromatic N) is 1. The predicted octanol–water partition coefficient (Wildman–Crippen LogP) is 3.60. The van der Waals surface area contributed by atoms with E-state index in [4.69, 9.17) is 9.47 Å². The van der Waals surface area contributed by atoms with Gasteiger partial charge in [0.1, 0.15) is 23.0 Å². The molecule has 1 amide bonds. The van der Waals surface area contributed by atoms with Crippen molar-refractivity contribution >= 4 is 27.7 Å². The van der Waals surface area contributed by atoms with Gasteiger partial charge in [-0.1, -0.05) is 15.9 Å². The van der Waals surface area contributed by atoms with Crippen molar-refractivity contribution in [2.24, 2.45) is 0 Å². The number of carbonyl (C=O) groups excluding carboxylic acids is 1. The number of amides is 1. The van der Waals surface area contributed by atoms with E-state index in [2.05, 4.69) is 27.3 Å². The smallest absolute Gasteiger partial charge is 0.412 e. The number of carbonyl (C=O) groups is 1. The first-order valence-corrected chi connectivity index (χ1v) is 6.99. The molecule has 0 fully saturated rings. The molecule has 0 aliphatic carbocycles. The van der Waals surface area contributed by atoms with E-state index in [9.17, 15) is 10.1 Å². The van der Waals surface area contributed by atoms with Crippen LogP contribution >= 0.6 is 15.9 Å². The monoisotopic (exact) mass is 338 g/mol. The Morgan fingerprint density at radius 3 is 2.85 bits per heavy atom. The Morgan fingerprint density at radius 1 is 1.55 bits per heavy atom. The topological polar surface area (TPSA) is 71.3 Å². The zero-order chi connectivity index (χ0) is 14.9. The summed E-state index contributed by atoms with van der Waals surface area (Å²) < 4.78 is 11.5. The summed E-state index contributed by atoms with van der Waals surface area (Å²) in [6, 6.07) is 3.78. The fourth-order valence-corrected chi connectivity index (χ4v) is 2.55. The minimum absolute atomic E-state index is 0.326. The predicted molar refractivity (Wildman–Crippen MR) is 77.9 cm³/mol. The Morgan fingerprint density at radius 2 is 2.25 bits per heavy atom. The molecule has 0 saturated heterocycles. The summed E-state index contributed by atoms with van der Waals surface area (Å²) in [5.74, 6) is 0.535. The molecule has 1 aromatic carbocycles. The third-order valence-corrected chi connectivity index (χ3v) is 3.38. The van der Waals surface area contributed by atoms with Crippen LogP contribution in [-0.2, 0) is 11.2 Å².